The third-order valence-electron chi connectivity index (χ3n) is 17.9. The number of hydrogen-bond donors (Lipinski definition) is 11. The molecule has 4 heterocycles. The van der Waals surface area contributed by atoms with Gasteiger partial charge < -0.3 is 89.3 Å². The highest BCUT2D eigenvalue weighted by atomic mass is 16.7. The van der Waals surface area contributed by atoms with Crippen molar-refractivity contribution in [3.63, 3.8) is 0 Å². The fraction of sp³-hybridized carbons (Fsp3) is 1.00. The fourth-order valence-electron chi connectivity index (χ4n) is 14.1. The molecular formula is C45H76O18. The smallest absolute Gasteiger partial charge is 0.187 e. The van der Waals surface area contributed by atoms with Crippen LogP contribution in [0.2, 0.25) is 0 Å². The van der Waals surface area contributed by atoms with Crippen LogP contribution in [0.25, 0.3) is 0 Å². The van der Waals surface area contributed by atoms with Gasteiger partial charge in [-0.05, 0) is 111 Å². The summed E-state index contributed by atoms with van der Waals surface area (Å²) in [4.78, 5) is 0. The van der Waals surface area contributed by atoms with Crippen molar-refractivity contribution in [2.24, 2.45) is 52.3 Å². The third kappa shape index (κ3) is 8.60. The molecule has 2 unspecified atom stereocenters. The number of ether oxygens (including phenoxy) is 7. The van der Waals surface area contributed by atoms with Crippen molar-refractivity contribution < 1.29 is 89.3 Å². The van der Waals surface area contributed by atoms with Gasteiger partial charge in [0.05, 0.1) is 38.1 Å². The van der Waals surface area contributed by atoms with Gasteiger partial charge in [0.25, 0.3) is 0 Å². The molecule has 63 heavy (non-hydrogen) atoms. The summed E-state index contributed by atoms with van der Waals surface area (Å²) in [5.41, 5.74) is 0.120. The molecule has 0 aromatic carbocycles. The molecule has 8 rings (SSSR count). The van der Waals surface area contributed by atoms with Crippen LogP contribution in [-0.4, -0.2) is 186 Å². The summed E-state index contributed by atoms with van der Waals surface area (Å²) >= 11 is 0. The van der Waals surface area contributed by atoms with Gasteiger partial charge in [-0.2, -0.15) is 0 Å². The Morgan fingerprint density at radius 2 is 1.29 bits per heavy atom. The predicted molar refractivity (Wildman–Crippen MR) is 218 cm³/mol. The molecule has 0 radical (unpaired) electrons. The van der Waals surface area contributed by atoms with E-state index < -0.39 is 111 Å². The van der Waals surface area contributed by atoms with Gasteiger partial charge >= 0.3 is 0 Å². The average Bonchev–Trinajstić information content (AvgIpc) is 3.70. The Balaban J connectivity index is 0.836. The Morgan fingerprint density at radius 3 is 2.00 bits per heavy atom. The van der Waals surface area contributed by atoms with E-state index in [1.807, 2.05) is 6.92 Å². The van der Waals surface area contributed by atoms with Crippen LogP contribution < -0.4 is 0 Å². The number of fused-ring (bicyclic) bond motifs is 7. The van der Waals surface area contributed by atoms with E-state index in [4.69, 9.17) is 33.2 Å². The van der Waals surface area contributed by atoms with E-state index in [0.717, 1.165) is 51.4 Å². The lowest BCUT2D eigenvalue weighted by atomic mass is 9.44. The fourth-order valence-corrected chi connectivity index (χ4v) is 14.1. The Morgan fingerprint density at radius 1 is 0.651 bits per heavy atom. The molecule has 0 aromatic heterocycles. The maximum atomic E-state index is 12.0. The second-order valence-corrected chi connectivity index (χ2v) is 21.4. The highest BCUT2D eigenvalue weighted by Gasteiger charge is 2.68. The van der Waals surface area contributed by atoms with Crippen LogP contribution in [0.4, 0.5) is 0 Å². The van der Waals surface area contributed by atoms with E-state index in [1.165, 1.54) is 6.92 Å². The van der Waals surface area contributed by atoms with Crippen molar-refractivity contribution in [3.05, 3.63) is 0 Å². The van der Waals surface area contributed by atoms with Crippen LogP contribution in [0.5, 0.6) is 0 Å². The van der Waals surface area contributed by atoms with Gasteiger partial charge in [-0.15, -0.1) is 0 Å². The molecule has 18 heteroatoms. The Bertz CT molecular complexity index is 1540. The molecule has 4 aliphatic heterocycles. The SMILES string of the molecule is C[C@H](CCC1(O)O[C@H]2C[C@H]3[C@@H]4CCC5C[C@@H](O[C@@H]6O[C@H](CO)[C@@H](O[C@@H]7O[C@@H](C)[C@H](O)[C@@H](O)[C@H]7O)[C@H](O)[C@H]6O)CC[C@]5(C)[C@H]4CC[C@]3(C)[C@H]2[C@@H]1C)CO[C@@H]1O[C@H](CO)[C@@H](O)[C@H](O)[C@H]1O. The number of hydrogen-bond acceptors (Lipinski definition) is 18. The van der Waals surface area contributed by atoms with E-state index in [-0.39, 0.29) is 47.4 Å². The maximum Gasteiger partial charge on any atom is 0.187 e. The Kier molecular flexibility index (Phi) is 14.4. The molecule has 0 aromatic rings. The molecule has 4 saturated heterocycles. The molecule has 8 fully saturated rings. The summed E-state index contributed by atoms with van der Waals surface area (Å²) in [6.45, 7) is 9.55. The van der Waals surface area contributed by atoms with Crippen molar-refractivity contribution in [2.75, 3.05) is 19.8 Å². The first-order valence-electron chi connectivity index (χ1n) is 23.7. The van der Waals surface area contributed by atoms with Crippen LogP contribution in [0.3, 0.4) is 0 Å². The lowest BCUT2D eigenvalue weighted by Crippen LogP contribution is -2.64. The number of aliphatic hydroxyl groups excluding tert-OH is 10. The highest BCUT2D eigenvalue weighted by molar-refractivity contribution is 5.15. The minimum absolute atomic E-state index is 0.0255. The molecule has 8 aliphatic rings. The summed E-state index contributed by atoms with van der Waals surface area (Å²) in [6.07, 6.45) is -11.9. The average molecular weight is 905 g/mol. The molecular weight excluding hydrogens is 828 g/mol. The molecule has 27 atom stereocenters. The van der Waals surface area contributed by atoms with Crippen LogP contribution in [0.15, 0.2) is 0 Å². The maximum absolute atomic E-state index is 12.0. The van der Waals surface area contributed by atoms with Crippen LogP contribution >= 0.6 is 0 Å². The van der Waals surface area contributed by atoms with Gasteiger partial charge in [-0.1, -0.05) is 27.7 Å². The summed E-state index contributed by atoms with van der Waals surface area (Å²) in [7, 11) is 0. The molecule has 364 valence electrons. The summed E-state index contributed by atoms with van der Waals surface area (Å²) in [5, 5.41) is 116. The van der Waals surface area contributed by atoms with E-state index >= 15 is 0 Å². The second kappa shape index (κ2) is 18.6. The number of rotatable bonds is 12. The van der Waals surface area contributed by atoms with E-state index in [1.54, 1.807) is 0 Å². The molecule has 4 aliphatic carbocycles. The van der Waals surface area contributed by atoms with Gasteiger partial charge in [0.15, 0.2) is 24.7 Å². The standard InChI is InChI=1S/C45H76O18/c1-19(18-57-40-36(53)34(51)32(49)28(16-46)60-40)8-13-45(56)20(2)30-27(63-45)15-26-24-7-6-22-14-23(9-11-43(22,4)25(24)10-12-44(26,30)5)59-42-38(55)35(52)39(29(17-47)61-42)62-41-37(54)33(50)31(48)21(3)58-41/h19-42,46-56H,6-18H2,1-5H3/t19-,20+,21+,22?,23+,24-,25+,26+,27+,28-,29-,30+,31+,32-,33-,34+,35-,36-,37-,38-,39-,40-,41+,42-,43+,44+,45?/m1/s1. The first-order chi connectivity index (χ1) is 29.8. The van der Waals surface area contributed by atoms with Crippen molar-refractivity contribution in [3.8, 4) is 0 Å². The van der Waals surface area contributed by atoms with Crippen LogP contribution in [0.1, 0.15) is 98.8 Å². The molecule has 0 amide bonds. The minimum atomic E-state index is -1.64. The van der Waals surface area contributed by atoms with Crippen LogP contribution in [0, 0.1) is 52.3 Å². The molecule has 18 nitrogen and oxygen atoms in total. The van der Waals surface area contributed by atoms with Gasteiger partial charge in [0.1, 0.15) is 67.1 Å². The van der Waals surface area contributed by atoms with E-state index in [0.29, 0.717) is 36.5 Å². The normalized spacial score (nSPS) is 56.3. The quantitative estimate of drug-likeness (QED) is 0.107. The predicted octanol–water partition coefficient (Wildman–Crippen LogP) is -0.752. The van der Waals surface area contributed by atoms with Gasteiger partial charge in [0, 0.05) is 12.3 Å². The van der Waals surface area contributed by atoms with Gasteiger partial charge in [-0.25, -0.2) is 0 Å². The largest absolute Gasteiger partial charge is 0.394 e. The van der Waals surface area contributed by atoms with Crippen molar-refractivity contribution in [2.45, 2.75) is 209 Å². The summed E-state index contributed by atoms with van der Waals surface area (Å²) < 4.78 is 41.7. The Hall–Kier alpha value is -0.720. The van der Waals surface area contributed by atoms with Gasteiger partial charge in [0.2, 0.25) is 0 Å². The third-order valence-corrected chi connectivity index (χ3v) is 17.9. The molecule has 11 N–H and O–H groups in total. The minimum Gasteiger partial charge on any atom is -0.394 e. The molecule has 4 saturated carbocycles. The van der Waals surface area contributed by atoms with E-state index in [2.05, 4.69) is 20.8 Å². The zero-order chi connectivity index (χ0) is 45.5. The van der Waals surface area contributed by atoms with Crippen LogP contribution in [-0.2, 0) is 33.2 Å². The van der Waals surface area contributed by atoms with Crippen molar-refractivity contribution in [1.82, 2.24) is 0 Å². The summed E-state index contributed by atoms with van der Waals surface area (Å²) in [6, 6.07) is 0. The molecule has 0 bridgehead atoms. The van der Waals surface area contributed by atoms with Gasteiger partial charge in [-0.3, -0.25) is 0 Å². The topological polar surface area (TPSA) is 287 Å². The lowest BCUT2D eigenvalue weighted by Gasteiger charge is -2.61. The van der Waals surface area contributed by atoms with E-state index in [9.17, 15) is 56.2 Å². The first-order valence-corrected chi connectivity index (χ1v) is 23.7. The van der Waals surface area contributed by atoms with Crippen molar-refractivity contribution >= 4 is 0 Å². The van der Waals surface area contributed by atoms with Crippen molar-refractivity contribution in [1.29, 1.82) is 0 Å². The highest BCUT2D eigenvalue weighted by Crippen LogP contribution is 2.71. The second-order valence-electron chi connectivity index (χ2n) is 21.4. The first kappa shape index (κ1) is 48.7. The monoisotopic (exact) mass is 905 g/mol. The zero-order valence-corrected chi connectivity index (χ0v) is 37.3. The lowest BCUT2D eigenvalue weighted by molar-refractivity contribution is -0.361. The summed E-state index contributed by atoms with van der Waals surface area (Å²) in [5.74, 6) is 0.753. The molecule has 0 spiro atoms. The Labute approximate surface area is 369 Å². The zero-order valence-electron chi connectivity index (χ0n) is 37.3. The number of aliphatic hydroxyl groups is 11.